The number of anilines is 1. The van der Waals surface area contributed by atoms with E-state index in [0.717, 1.165) is 50.1 Å². The van der Waals surface area contributed by atoms with Crippen LogP contribution in [0.2, 0.25) is 0 Å². The smallest absolute Gasteiger partial charge is 0.325 e. The first-order chi connectivity index (χ1) is 14.4. The van der Waals surface area contributed by atoms with Crippen molar-refractivity contribution in [1.82, 2.24) is 15.1 Å². The molecule has 2 aliphatic heterocycles. The number of hydrogen-bond donors (Lipinski definition) is 2. The number of imide groups is 1. The van der Waals surface area contributed by atoms with Crippen molar-refractivity contribution in [2.75, 3.05) is 25.0 Å². The first-order valence-corrected chi connectivity index (χ1v) is 10.7. The van der Waals surface area contributed by atoms with Crippen molar-refractivity contribution in [2.45, 2.75) is 51.0 Å². The second-order valence-electron chi connectivity index (χ2n) is 8.57. The summed E-state index contributed by atoms with van der Waals surface area (Å²) in [7, 11) is 0. The van der Waals surface area contributed by atoms with Gasteiger partial charge in [-0.3, -0.25) is 19.3 Å². The molecule has 1 aromatic carbocycles. The van der Waals surface area contributed by atoms with Crippen LogP contribution in [0.5, 0.6) is 0 Å². The Hall–Kier alpha value is -2.90. The highest BCUT2D eigenvalue weighted by molar-refractivity contribution is 6.10. The number of likely N-dealkylation sites (tertiary alicyclic amines) is 1. The van der Waals surface area contributed by atoms with Gasteiger partial charge in [0.05, 0.1) is 0 Å². The quantitative estimate of drug-likeness (QED) is 0.742. The van der Waals surface area contributed by atoms with Gasteiger partial charge in [-0.05, 0) is 49.8 Å². The highest BCUT2D eigenvalue weighted by Crippen LogP contribution is 2.38. The van der Waals surface area contributed by atoms with Crippen molar-refractivity contribution in [3.05, 3.63) is 29.8 Å². The average Bonchev–Trinajstić information content (AvgIpc) is 3.34. The van der Waals surface area contributed by atoms with E-state index in [1.807, 2.05) is 6.92 Å². The van der Waals surface area contributed by atoms with E-state index in [1.165, 1.54) is 0 Å². The van der Waals surface area contributed by atoms with E-state index >= 15 is 0 Å². The van der Waals surface area contributed by atoms with Gasteiger partial charge in [-0.1, -0.05) is 25.8 Å². The molecule has 0 bridgehead atoms. The first kappa shape index (κ1) is 20.4. The number of nitrogens with zero attached hydrogens (tertiary/aromatic N) is 2. The van der Waals surface area contributed by atoms with Crippen molar-refractivity contribution in [2.24, 2.45) is 5.92 Å². The number of amides is 5. The maximum Gasteiger partial charge on any atom is 0.325 e. The normalized spacial score (nSPS) is 26.2. The molecule has 8 nitrogen and oxygen atoms in total. The molecule has 5 amide bonds. The first-order valence-electron chi connectivity index (χ1n) is 10.7. The molecule has 1 saturated carbocycles. The summed E-state index contributed by atoms with van der Waals surface area (Å²) in [5.74, 6) is -0.785. The number of rotatable bonds is 4. The SMILES string of the molecule is CC1CCCCC12NC(=O)N(CC(=O)Nc1cccc(C(=O)N3CCCC3)c1)C2=O. The predicted molar refractivity (Wildman–Crippen MR) is 111 cm³/mol. The van der Waals surface area contributed by atoms with Crippen LogP contribution in [0.3, 0.4) is 0 Å². The third-order valence-electron chi connectivity index (χ3n) is 6.59. The standard InChI is InChI=1S/C22H28N4O4/c1-15-7-2-3-10-22(15)20(29)26(21(30)24-22)14-18(27)23-17-9-6-8-16(13-17)19(28)25-11-4-5-12-25/h6,8-9,13,15H,2-5,7,10-12,14H2,1H3,(H,23,27)(H,24,30). The molecule has 1 aliphatic carbocycles. The maximum absolute atomic E-state index is 13.0. The third kappa shape index (κ3) is 3.66. The van der Waals surface area contributed by atoms with E-state index in [0.29, 0.717) is 17.7 Å². The summed E-state index contributed by atoms with van der Waals surface area (Å²) in [4.78, 5) is 53.4. The summed E-state index contributed by atoms with van der Waals surface area (Å²) < 4.78 is 0. The number of hydrogen-bond acceptors (Lipinski definition) is 4. The molecule has 2 atom stereocenters. The van der Waals surface area contributed by atoms with E-state index in [2.05, 4.69) is 10.6 Å². The molecule has 2 N–H and O–H groups in total. The van der Waals surface area contributed by atoms with Gasteiger partial charge in [-0.25, -0.2) is 4.79 Å². The Balaban J connectivity index is 1.41. The Labute approximate surface area is 176 Å². The number of carbonyl (C=O) groups is 4. The van der Waals surface area contributed by atoms with Gasteiger partial charge in [0.1, 0.15) is 12.1 Å². The minimum absolute atomic E-state index is 0.0454. The molecular weight excluding hydrogens is 384 g/mol. The lowest BCUT2D eigenvalue weighted by Gasteiger charge is -2.36. The molecule has 160 valence electrons. The molecule has 1 spiro atoms. The van der Waals surface area contributed by atoms with Gasteiger partial charge in [-0.2, -0.15) is 0 Å². The molecule has 8 heteroatoms. The van der Waals surface area contributed by atoms with E-state index in [-0.39, 0.29) is 24.3 Å². The van der Waals surface area contributed by atoms with E-state index < -0.39 is 17.5 Å². The van der Waals surface area contributed by atoms with Crippen molar-refractivity contribution < 1.29 is 19.2 Å². The maximum atomic E-state index is 13.0. The van der Waals surface area contributed by atoms with Crippen LogP contribution in [0.4, 0.5) is 10.5 Å². The summed E-state index contributed by atoms with van der Waals surface area (Å²) in [6.45, 7) is 3.14. The average molecular weight is 412 g/mol. The zero-order valence-corrected chi connectivity index (χ0v) is 17.3. The third-order valence-corrected chi connectivity index (χ3v) is 6.59. The summed E-state index contributed by atoms with van der Waals surface area (Å²) in [6, 6.07) is 6.25. The molecule has 4 rings (SSSR count). The lowest BCUT2D eigenvalue weighted by molar-refractivity contribution is -0.136. The number of benzene rings is 1. The van der Waals surface area contributed by atoms with E-state index in [4.69, 9.17) is 0 Å². The molecule has 30 heavy (non-hydrogen) atoms. The van der Waals surface area contributed by atoms with Crippen LogP contribution in [0, 0.1) is 5.92 Å². The van der Waals surface area contributed by atoms with Crippen LogP contribution in [0.15, 0.2) is 24.3 Å². The van der Waals surface area contributed by atoms with Gasteiger partial charge >= 0.3 is 6.03 Å². The fraction of sp³-hybridized carbons (Fsp3) is 0.545. The summed E-state index contributed by atoms with van der Waals surface area (Å²) in [5, 5.41) is 5.57. The van der Waals surface area contributed by atoms with Gasteiger partial charge in [0.25, 0.3) is 11.8 Å². The Morgan fingerprint density at radius 3 is 2.67 bits per heavy atom. The highest BCUT2D eigenvalue weighted by atomic mass is 16.2. The molecule has 0 radical (unpaired) electrons. The van der Waals surface area contributed by atoms with Crippen LogP contribution in [-0.2, 0) is 9.59 Å². The van der Waals surface area contributed by atoms with Gasteiger partial charge in [0.15, 0.2) is 0 Å². The van der Waals surface area contributed by atoms with Crippen molar-refractivity contribution >= 4 is 29.4 Å². The molecule has 0 aromatic heterocycles. The number of urea groups is 1. The van der Waals surface area contributed by atoms with Crippen LogP contribution in [0.1, 0.15) is 55.8 Å². The molecule has 2 unspecified atom stereocenters. The fourth-order valence-corrected chi connectivity index (χ4v) is 4.82. The fourth-order valence-electron chi connectivity index (χ4n) is 4.82. The van der Waals surface area contributed by atoms with Gasteiger partial charge in [-0.15, -0.1) is 0 Å². The van der Waals surface area contributed by atoms with Gasteiger partial charge in [0.2, 0.25) is 5.91 Å². The highest BCUT2D eigenvalue weighted by Gasteiger charge is 2.55. The van der Waals surface area contributed by atoms with Gasteiger partial charge < -0.3 is 15.5 Å². The Kier molecular flexibility index (Phi) is 5.49. The molecule has 3 fully saturated rings. The Bertz CT molecular complexity index is 880. The largest absolute Gasteiger partial charge is 0.339 e. The Morgan fingerprint density at radius 1 is 1.17 bits per heavy atom. The second kappa shape index (κ2) is 8.08. The van der Waals surface area contributed by atoms with Crippen LogP contribution < -0.4 is 10.6 Å². The zero-order valence-electron chi connectivity index (χ0n) is 17.3. The minimum Gasteiger partial charge on any atom is -0.339 e. The lowest BCUT2D eigenvalue weighted by atomic mass is 9.73. The monoisotopic (exact) mass is 412 g/mol. The van der Waals surface area contributed by atoms with Crippen LogP contribution in [0.25, 0.3) is 0 Å². The summed E-state index contributed by atoms with van der Waals surface area (Å²) in [5.41, 5.74) is 0.107. The van der Waals surface area contributed by atoms with Crippen molar-refractivity contribution in [3.8, 4) is 0 Å². The predicted octanol–water partition coefficient (Wildman–Crippen LogP) is 2.36. The molecule has 2 heterocycles. The van der Waals surface area contributed by atoms with Crippen molar-refractivity contribution in [1.29, 1.82) is 0 Å². The molecular formula is C22H28N4O4. The van der Waals surface area contributed by atoms with Crippen LogP contribution >= 0.6 is 0 Å². The summed E-state index contributed by atoms with van der Waals surface area (Å²) in [6.07, 6.45) is 5.43. The summed E-state index contributed by atoms with van der Waals surface area (Å²) >= 11 is 0. The van der Waals surface area contributed by atoms with E-state index in [1.54, 1.807) is 29.2 Å². The van der Waals surface area contributed by atoms with Crippen LogP contribution in [-0.4, -0.2) is 58.7 Å². The molecule has 1 aromatic rings. The van der Waals surface area contributed by atoms with E-state index in [9.17, 15) is 19.2 Å². The Morgan fingerprint density at radius 2 is 1.93 bits per heavy atom. The minimum atomic E-state index is -0.877. The lowest BCUT2D eigenvalue weighted by Crippen LogP contribution is -2.54. The van der Waals surface area contributed by atoms with Crippen molar-refractivity contribution in [3.63, 3.8) is 0 Å². The molecule has 2 saturated heterocycles. The van der Waals surface area contributed by atoms with Gasteiger partial charge in [0, 0.05) is 24.3 Å². The zero-order chi connectivity index (χ0) is 21.3. The second-order valence-corrected chi connectivity index (χ2v) is 8.57. The topological polar surface area (TPSA) is 98.8 Å². The number of nitrogens with one attached hydrogen (secondary N) is 2. The molecule has 3 aliphatic rings. The number of carbonyl (C=O) groups excluding carboxylic acids is 4.